The van der Waals surface area contributed by atoms with Gasteiger partial charge < -0.3 is 19.5 Å². The Hall–Kier alpha value is -1.91. The van der Waals surface area contributed by atoms with Crippen LogP contribution in [0.1, 0.15) is 35.2 Å². The molecule has 25 heavy (non-hydrogen) atoms. The van der Waals surface area contributed by atoms with Crippen molar-refractivity contribution in [3.63, 3.8) is 0 Å². The van der Waals surface area contributed by atoms with E-state index in [4.69, 9.17) is 25.8 Å². The second kappa shape index (κ2) is 7.54. The van der Waals surface area contributed by atoms with Crippen LogP contribution in [0.2, 0.25) is 5.02 Å². The molecule has 0 saturated heterocycles. The molecule has 4 nitrogen and oxygen atoms in total. The van der Waals surface area contributed by atoms with Crippen molar-refractivity contribution in [2.45, 2.75) is 26.3 Å². The van der Waals surface area contributed by atoms with Gasteiger partial charge in [0.15, 0.2) is 11.5 Å². The fourth-order valence-corrected chi connectivity index (χ4v) is 3.81. The molecule has 1 aliphatic rings. The molecule has 0 amide bonds. The number of hydrogen-bond acceptors (Lipinski definition) is 4. The van der Waals surface area contributed by atoms with Crippen molar-refractivity contribution in [1.82, 2.24) is 5.32 Å². The van der Waals surface area contributed by atoms with E-state index in [9.17, 15) is 0 Å². The van der Waals surface area contributed by atoms with Crippen LogP contribution in [0, 0.1) is 6.92 Å². The summed E-state index contributed by atoms with van der Waals surface area (Å²) in [6.07, 6.45) is 0.941. The highest BCUT2D eigenvalue weighted by Crippen LogP contribution is 2.42. The van der Waals surface area contributed by atoms with Gasteiger partial charge in [0.1, 0.15) is 5.75 Å². The zero-order chi connectivity index (χ0) is 18.0. The molecule has 1 atom stereocenters. The van der Waals surface area contributed by atoms with Gasteiger partial charge in [-0.25, -0.2) is 0 Å². The molecule has 1 unspecified atom stereocenters. The third-order valence-corrected chi connectivity index (χ3v) is 4.79. The van der Waals surface area contributed by atoms with Gasteiger partial charge in [0, 0.05) is 12.1 Å². The Kier molecular flexibility index (Phi) is 5.40. The average molecular weight is 362 g/mol. The molecule has 0 fully saturated rings. The fraction of sp³-hybridized carbons (Fsp3) is 0.400. The largest absolute Gasteiger partial charge is 0.495 e. The predicted octanol–water partition coefficient (Wildman–Crippen LogP) is 4.30. The van der Waals surface area contributed by atoms with E-state index < -0.39 is 0 Å². The summed E-state index contributed by atoms with van der Waals surface area (Å²) < 4.78 is 16.9. The lowest BCUT2D eigenvalue weighted by atomic mass is 9.88. The van der Waals surface area contributed by atoms with Crippen LogP contribution in [0.5, 0.6) is 17.2 Å². The third-order valence-electron chi connectivity index (χ3n) is 4.51. The standard InChI is InChI=1S/C20H24ClNO3/c1-5-25-18-11-14-13(10-17(18)23-3)6-7-22-19(14)15-8-12(2)9-16(21)20(15)24-4/h8-11,19,22H,5-7H2,1-4H3. The molecule has 5 heteroatoms. The quantitative estimate of drug-likeness (QED) is 0.861. The first-order valence-electron chi connectivity index (χ1n) is 8.50. The molecular formula is C20H24ClNO3. The number of rotatable bonds is 5. The Balaban J connectivity index is 2.15. The first-order chi connectivity index (χ1) is 12.1. The lowest BCUT2D eigenvalue weighted by Crippen LogP contribution is -2.31. The molecule has 1 aliphatic heterocycles. The number of nitrogens with one attached hydrogen (secondary N) is 1. The maximum Gasteiger partial charge on any atom is 0.161 e. The normalized spacial score (nSPS) is 16.3. The number of fused-ring (bicyclic) bond motifs is 1. The van der Waals surface area contributed by atoms with E-state index in [2.05, 4.69) is 23.5 Å². The smallest absolute Gasteiger partial charge is 0.161 e. The highest BCUT2D eigenvalue weighted by Gasteiger charge is 2.27. The van der Waals surface area contributed by atoms with Crippen LogP contribution in [-0.2, 0) is 6.42 Å². The molecule has 3 rings (SSSR count). The minimum absolute atomic E-state index is 0.00112. The molecule has 134 valence electrons. The molecule has 0 aromatic heterocycles. The predicted molar refractivity (Wildman–Crippen MR) is 100 cm³/mol. The van der Waals surface area contributed by atoms with E-state index in [1.165, 1.54) is 11.1 Å². The summed E-state index contributed by atoms with van der Waals surface area (Å²) in [5.41, 5.74) is 4.58. The summed E-state index contributed by atoms with van der Waals surface area (Å²) in [5, 5.41) is 4.22. The van der Waals surface area contributed by atoms with Crippen LogP contribution < -0.4 is 19.5 Å². The van der Waals surface area contributed by atoms with Gasteiger partial charge in [-0.1, -0.05) is 17.7 Å². The monoisotopic (exact) mass is 361 g/mol. The Morgan fingerprint density at radius 2 is 1.88 bits per heavy atom. The van der Waals surface area contributed by atoms with Crippen LogP contribution in [0.25, 0.3) is 0 Å². The molecule has 0 bridgehead atoms. The minimum atomic E-state index is 0.00112. The second-order valence-electron chi connectivity index (χ2n) is 6.14. The van der Waals surface area contributed by atoms with Crippen molar-refractivity contribution < 1.29 is 14.2 Å². The lowest BCUT2D eigenvalue weighted by molar-refractivity contribution is 0.309. The molecule has 1 heterocycles. The number of benzene rings is 2. The lowest BCUT2D eigenvalue weighted by Gasteiger charge is -2.30. The maximum absolute atomic E-state index is 6.41. The molecule has 2 aromatic carbocycles. The first kappa shape index (κ1) is 17.9. The zero-order valence-corrected chi connectivity index (χ0v) is 15.9. The van der Waals surface area contributed by atoms with Crippen LogP contribution in [-0.4, -0.2) is 27.4 Å². The van der Waals surface area contributed by atoms with Crippen LogP contribution in [0.4, 0.5) is 0 Å². The van der Waals surface area contributed by atoms with Crippen molar-refractivity contribution in [2.24, 2.45) is 0 Å². The van der Waals surface area contributed by atoms with Crippen LogP contribution in [0.15, 0.2) is 24.3 Å². The molecule has 0 aliphatic carbocycles. The Bertz CT molecular complexity index is 776. The molecule has 0 spiro atoms. The van der Waals surface area contributed by atoms with E-state index in [0.29, 0.717) is 17.4 Å². The van der Waals surface area contributed by atoms with Gasteiger partial charge in [-0.15, -0.1) is 0 Å². The summed E-state index contributed by atoms with van der Waals surface area (Å²) in [7, 11) is 3.33. The topological polar surface area (TPSA) is 39.7 Å². The Morgan fingerprint density at radius 3 is 2.56 bits per heavy atom. The minimum Gasteiger partial charge on any atom is -0.495 e. The fourth-order valence-electron chi connectivity index (χ4n) is 3.46. The van der Waals surface area contributed by atoms with Crippen molar-refractivity contribution in [3.05, 3.63) is 51.5 Å². The van der Waals surface area contributed by atoms with E-state index in [1.807, 2.05) is 19.9 Å². The molecule has 2 aromatic rings. The molecule has 0 saturated carbocycles. The van der Waals surface area contributed by atoms with E-state index in [-0.39, 0.29) is 6.04 Å². The molecule has 0 radical (unpaired) electrons. The summed E-state index contributed by atoms with van der Waals surface area (Å²) >= 11 is 6.41. The van der Waals surface area contributed by atoms with Crippen molar-refractivity contribution in [1.29, 1.82) is 0 Å². The van der Waals surface area contributed by atoms with Gasteiger partial charge >= 0.3 is 0 Å². The maximum atomic E-state index is 6.41. The summed E-state index contributed by atoms with van der Waals surface area (Å²) in [4.78, 5) is 0. The van der Waals surface area contributed by atoms with Gasteiger partial charge in [0.2, 0.25) is 0 Å². The Labute approximate surface area is 154 Å². The van der Waals surface area contributed by atoms with E-state index in [0.717, 1.165) is 35.6 Å². The summed E-state index contributed by atoms with van der Waals surface area (Å²) in [6.45, 7) is 5.48. The highest BCUT2D eigenvalue weighted by molar-refractivity contribution is 6.32. The van der Waals surface area contributed by atoms with Gasteiger partial charge in [0.05, 0.1) is 31.9 Å². The number of ether oxygens (including phenoxy) is 3. The number of halogens is 1. The zero-order valence-electron chi connectivity index (χ0n) is 15.1. The van der Waals surface area contributed by atoms with E-state index in [1.54, 1.807) is 14.2 Å². The SMILES string of the molecule is CCOc1cc2c(cc1OC)CCNC2c1cc(C)cc(Cl)c1OC. The summed E-state index contributed by atoms with van der Waals surface area (Å²) in [6, 6.07) is 8.21. The van der Waals surface area contributed by atoms with Crippen LogP contribution >= 0.6 is 11.6 Å². The number of hydrogen-bond donors (Lipinski definition) is 1. The first-order valence-corrected chi connectivity index (χ1v) is 8.87. The number of methoxy groups -OCH3 is 2. The van der Waals surface area contributed by atoms with Crippen molar-refractivity contribution >= 4 is 11.6 Å². The van der Waals surface area contributed by atoms with Crippen molar-refractivity contribution in [2.75, 3.05) is 27.4 Å². The van der Waals surface area contributed by atoms with Gasteiger partial charge in [-0.2, -0.15) is 0 Å². The average Bonchev–Trinajstić information content (AvgIpc) is 2.60. The van der Waals surface area contributed by atoms with Gasteiger partial charge in [-0.05, 0) is 55.2 Å². The second-order valence-corrected chi connectivity index (χ2v) is 6.55. The summed E-state index contributed by atoms with van der Waals surface area (Å²) in [5.74, 6) is 2.25. The van der Waals surface area contributed by atoms with E-state index >= 15 is 0 Å². The van der Waals surface area contributed by atoms with Crippen LogP contribution in [0.3, 0.4) is 0 Å². The highest BCUT2D eigenvalue weighted by atomic mass is 35.5. The molecular weight excluding hydrogens is 338 g/mol. The molecule has 1 N–H and O–H groups in total. The van der Waals surface area contributed by atoms with Gasteiger partial charge in [-0.3, -0.25) is 0 Å². The Morgan fingerprint density at radius 1 is 1.08 bits per heavy atom. The number of aryl methyl sites for hydroxylation is 1. The van der Waals surface area contributed by atoms with Crippen molar-refractivity contribution in [3.8, 4) is 17.2 Å². The van der Waals surface area contributed by atoms with Gasteiger partial charge in [0.25, 0.3) is 0 Å². The third kappa shape index (κ3) is 3.42.